The molecule has 22 heavy (non-hydrogen) atoms. The van der Waals surface area contributed by atoms with Crippen molar-refractivity contribution in [3.63, 3.8) is 0 Å². The highest BCUT2D eigenvalue weighted by Crippen LogP contribution is 2.17. The van der Waals surface area contributed by atoms with Crippen molar-refractivity contribution in [2.45, 2.75) is 25.5 Å². The second-order valence-electron chi connectivity index (χ2n) is 5.39. The Bertz CT molecular complexity index is 607. The normalized spacial score (nSPS) is 15.5. The first-order valence-electron chi connectivity index (χ1n) is 7.58. The van der Waals surface area contributed by atoms with Crippen molar-refractivity contribution in [3.8, 4) is 5.75 Å². The molecule has 2 heterocycles. The Morgan fingerprint density at radius 3 is 2.91 bits per heavy atom. The van der Waals surface area contributed by atoms with Crippen LogP contribution < -0.4 is 15.4 Å². The number of carbonyl (C=O) groups is 1. The monoisotopic (exact) mass is 316 g/mol. The largest absolute Gasteiger partial charge is 0.488 e. The molecule has 3 rings (SSSR count). The number of thiophene rings is 1. The predicted octanol–water partition coefficient (Wildman–Crippen LogP) is 2.81. The zero-order chi connectivity index (χ0) is 15.2. The topological polar surface area (TPSA) is 50.4 Å². The lowest BCUT2D eigenvalue weighted by atomic mass is 10.1. The summed E-state index contributed by atoms with van der Waals surface area (Å²) in [5.74, 6) is 0.708. The summed E-state index contributed by atoms with van der Waals surface area (Å²) in [5, 5.41) is 8.43. The first-order chi connectivity index (χ1) is 10.8. The quantitative estimate of drug-likeness (QED) is 0.892. The summed E-state index contributed by atoms with van der Waals surface area (Å²) < 4.78 is 5.75. The van der Waals surface area contributed by atoms with Gasteiger partial charge in [-0.3, -0.25) is 4.79 Å². The van der Waals surface area contributed by atoms with Crippen LogP contribution in [0.1, 0.15) is 28.1 Å². The zero-order valence-electron chi connectivity index (χ0n) is 12.4. The van der Waals surface area contributed by atoms with E-state index in [0.29, 0.717) is 12.2 Å². The molecule has 4 nitrogen and oxygen atoms in total. The van der Waals surface area contributed by atoms with E-state index >= 15 is 0 Å². The number of rotatable bonds is 5. The summed E-state index contributed by atoms with van der Waals surface area (Å²) in [6.45, 7) is 2.47. The van der Waals surface area contributed by atoms with Crippen LogP contribution in [0.25, 0.3) is 0 Å². The molecule has 116 valence electrons. The first kappa shape index (κ1) is 15.1. The van der Waals surface area contributed by atoms with Crippen LogP contribution in [0, 0.1) is 0 Å². The molecule has 0 saturated carbocycles. The molecule has 0 spiro atoms. The molecular weight excluding hydrogens is 296 g/mol. The van der Waals surface area contributed by atoms with E-state index in [1.54, 1.807) is 11.3 Å². The van der Waals surface area contributed by atoms with E-state index in [-0.39, 0.29) is 11.9 Å². The number of ether oxygens (including phenoxy) is 1. The van der Waals surface area contributed by atoms with Gasteiger partial charge in [-0.15, -0.1) is 11.3 Å². The minimum atomic E-state index is -0.0199. The minimum Gasteiger partial charge on any atom is -0.488 e. The highest BCUT2D eigenvalue weighted by Gasteiger charge is 2.16. The van der Waals surface area contributed by atoms with Gasteiger partial charge < -0.3 is 15.4 Å². The van der Waals surface area contributed by atoms with Gasteiger partial charge in [-0.25, -0.2) is 0 Å². The SMILES string of the molecule is O=C(NC1CCNCC1)c1cccc(OCc2cccs2)c1. The third-order valence-electron chi connectivity index (χ3n) is 3.73. The number of nitrogens with one attached hydrogen (secondary N) is 2. The Morgan fingerprint density at radius 2 is 2.14 bits per heavy atom. The van der Waals surface area contributed by atoms with Gasteiger partial charge in [0.15, 0.2) is 0 Å². The van der Waals surface area contributed by atoms with Crippen molar-refractivity contribution in [2.75, 3.05) is 13.1 Å². The van der Waals surface area contributed by atoms with Crippen LogP contribution in [0.15, 0.2) is 41.8 Å². The Balaban J connectivity index is 1.58. The Kier molecular flexibility index (Phi) is 5.08. The highest BCUT2D eigenvalue weighted by molar-refractivity contribution is 7.09. The number of hydrogen-bond donors (Lipinski definition) is 2. The van der Waals surface area contributed by atoms with Gasteiger partial charge in [-0.2, -0.15) is 0 Å². The fourth-order valence-corrected chi connectivity index (χ4v) is 3.13. The van der Waals surface area contributed by atoms with Gasteiger partial charge in [0, 0.05) is 16.5 Å². The maximum Gasteiger partial charge on any atom is 0.251 e. The summed E-state index contributed by atoms with van der Waals surface area (Å²) >= 11 is 1.67. The lowest BCUT2D eigenvalue weighted by Crippen LogP contribution is -2.42. The van der Waals surface area contributed by atoms with Crippen molar-refractivity contribution in [2.24, 2.45) is 0 Å². The number of benzene rings is 1. The van der Waals surface area contributed by atoms with Crippen LogP contribution >= 0.6 is 11.3 Å². The molecular formula is C17H20N2O2S. The zero-order valence-corrected chi connectivity index (χ0v) is 13.2. The summed E-state index contributed by atoms with van der Waals surface area (Å²) in [4.78, 5) is 13.5. The van der Waals surface area contributed by atoms with Gasteiger partial charge in [0.05, 0.1) is 0 Å². The highest BCUT2D eigenvalue weighted by atomic mass is 32.1. The van der Waals surface area contributed by atoms with Gasteiger partial charge >= 0.3 is 0 Å². The van der Waals surface area contributed by atoms with Gasteiger partial charge in [-0.05, 0) is 55.6 Å². The number of piperidine rings is 1. The molecule has 0 bridgehead atoms. The molecule has 5 heteroatoms. The lowest BCUT2D eigenvalue weighted by Gasteiger charge is -2.23. The average molecular weight is 316 g/mol. The first-order valence-corrected chi connectivity index (χ1v) is 8.46. The van der Waals surface area contributed by atoms with Crippen LogP contribution in [0.2, 0.25) is 0 Å². The number of hydrogen-bond acceptors (Lipinski definition) is 4. The van der Waals surface area contributed by atoms with Gasteiger partial charge in [0.25, 0.3) is 5.91 Å². The molecule has 0 unspecified atom stereocenters. The molecule has 2 aromatic rings. The molecule has 1 saturated heterocycles. The molecule has 1 fully saturated rings. The maximum atomic E-state index is 12.3. The molecule has 0 aliphatic carbocycles. The molecule has 0 radical (unpaired) electrons. The standard InChI is InChI=1S/C17H20N2O2S/c20-17(19-14-6-8-18-9-7-14)13-3-1-4-15(11-13)21-12-16-5-2-10-22-16/h1-5,10-11,14,18H,6-9,12H2,(H,19,20). The average Bonchev–Trinajstić information content (AvgIpc) is 3.08. The molecule has 0 atom stereocenters. The smallest absolute Gasteiger partial charge is 0.251 e. The molecule has 1 amide bonds. The molecule has 1 aromatic heterocycles. The fourth-order valence-electron chi connectivity index (χ4n) is 2.51. The summed E-state index contributed by atoms with van der Waals surface area (Å²) in [6.07, 6.45) is 1.97. The van der Waals surface area contributed by atoms with Gasteiger partial charge in [0.2, 0.25) is 0 Å². The van der Waals surface area contributed by atoms with Crippen LogP contribution in [0.3, 0.4) is 0 Å². The van der Waals surface area contributed by atoms with Crippen molar-refractivity contribution in [3.05, 3.63) is 52.2 Å². The molecule has 2 N–H and O–H groups in total. The van der Waals surface area contributed by atoms with E-state index in [1.165, 1.54) is 4.88 Å². The van der Waals surface area contributed by atoms with E-state index in [9.17, 15) is 4.79 Å². The van der Waals surface area contributed by atoms with Crippen molar-refractivity contribution >= 4 is 17.2 Å². The second-order valence-corrected chi connectivity index (χ2v) is 6.43. The summed E-state index contributed by atoms with van der Waals surface area (Å²) in [6, 6.07) is 11.7. The lowest BCUT2D eigenvalue weighted by molar-refractivity contribution is 0.0929. The van der Waals surface area contributed by atoms with E-state index in [2.05, 4.69) is 10.6 Å². The van der Waals surface area contributed by atoms with Crippen molar-refractivity contribution < 1.29 is 9.53 Å². The number of amides is 1. The second kappa shape index (κ2) is 7.42. The van der Waals surface area contributed by atoms with Crippen molar-refractivity contribution in [1.29, 1.82) is 0 Å². The van der Waals surface area contributed by atoms with Gasteiger partial charge in [-0.1, -0.05) is 12.1 Å². The number of carbonyl (C=O) groups excluding carboxylic acids is 1. The van der Waals surface area contributed by atoms with E-state index in [4.69, 9.17) is 4.74 Å². The van der Waals surface area contributed by atoms with E-state index in [0.717, 1.165) is 31.7 Å². The molecule has 1 aromatic carbocycles. The van der Waals surface area contributed by atoms with E-state index < -0.39 is 0 Å². The third kappa shape index (κ3) is 4.08. The van der Waals surface area contributed by atoms with Gasteiger partial charge in [0.1, 0.15) is 12.4 Å². The minimum absolute atomic E-state index is 0.0199. The van der Waals surface area contributed by atoms with Crippen molar-refractivity contribution in [1.82, 2.24) is 10.6 Å². The van der Waals surface area contributed by atoms with E-state index in [1.807, 2.05) is 41.8 Å². The fraction of sp³-hybridized carbons (Fsp3) is 0.353. The third-order valence-corrected chi connectivity index (χ3v) is 4.58. The molecule has 1 aliphatic rings. The van der Waals surface area contributed by atoms with Crippen LogP contribution in [0.5, 0.6) is 5.75 Å². The maximum absolute atomic E-state index is 12.3. The Hall–Kier alpha value is -1.85. The Labute approximate surface area is 134 Å². The Morgan fingerprint density at radius 1 is 1.27 bits per heavy atom. The predicted molar refractivity (Wildman–Crippen MR) is 88.5 cm³/mol. The van der Waals surface area contributed by atoms with Crippen LogP contribution in [0.4, 0.5) is 0 Å². The summed E-state index contributed by atoms with van der Waals surface area (Å²) in [5.41, 5.74) is 0.655. The van der Waals surface area contributed by atoms with Crippen LogP contribution in [-0.2, 0) is 6.61 Å². The van der Waals surface area contributed by atoms with Crippen LogP contribution in [-0.4, -0.2) is 25.0 Å². The molecule has 1 aliphatic heterocycles. The summed E-state index contributed by atoms with van der Waals surface area (Å²) in [7, 11) is 0.